The van der Waals surface area contributed by atoms with Crippen LogP contribution in [0.2, 0.25) is 0 Å². The van der Waals surface area contributed by atoms with Crippen molar-refractivity contribution < 1.29 is 24.5 Å². The summed E-state index contributed by atoms with van der Waals surface area (Å²) in [6.07, 6.45) is 91.0. The van der Waals surface area contributed by atoms with Crippen LogP contribution >= 0.6 is 0 Å². The zero-order valence-electron chi connectivity index (χ0n) is 55.8. The maximum absolute atomic E-state index is 12.5. The molecule has 82 heavy (non-hydrogen) atoms. The SMILES string of the molecule is CCCCC/C=C\C/C=C\CCCCCCCCCCCC(=O)OCCCCCCCCCCCCCCCCCCCCCCCCCCCCCC(=O)NC(CO)C(O)CCCCCCCCCCCCCCCCCCCCC. The van der Waals surface area contributed by atoms with E-state index in [2.05, 4.69) is 43.5 Å². The lowest BCUT2D eigenvalue weighted by Crippen LogP contribution is -2.45. The highest BCUT2D eigenvalue weighted by Crippen LogP contribution is 2.20. The molecule has 3 N–H and O–H groups in total. The molecule has 0 aliphatic rings. The van der Waals surface area contributed by atoms with E-state index in [9.17, 15) is 19.8 Å². The fourth-order valence-electron chi connectivity index (χ4n) is 12.0. The van der Waals surface area contributed by atoms with E-state index in [1.165, 1.54) is 340 Å². The monoisotopic (exact) mass is 1150 g/mol. The molecule has 0 aliphatic carbocycles. The van der Waals surface area contributed by atoms with E-state index in [0.717, 1.165) is 51.4 Å². The third-order valence-corrected chi connectivity index (χ3v) is 17.8. The summed E-state index contributed by atoms with van der Waals surface area (Å²) < 4.78 is 5.51. The van der Waals surface area contributed by atoms with E-state index < -0.39 is 12.1 Å². The highest BCUT2D eigenvalue weighted by atomic mass is 16.5. The van der Waals surface area contributed by atoms with Crippen molar-refractivity contribution in [3.63, 3.8) is 0 Å². The molecule has 0 spiro atoms. The molecule has 486 valence electrons. The van der Waals surface area contributed by atoms with Crippen LogP contribution in [-0.4, -0.2) is 47.4 Å². The molecule has 1 amide bonds. The normalized spacial score (nSPS) is 12.6. The van der Waals surface area contributed by atoms with Crippen LogP contribution in [0.3, 0.4) is 0 Å². The zero-order chi connectivity index (χ0) is 59.2. The molecule has 6 nitrogen and oxygen atoms in total. The van der Waals surface area contributed by atoms with Gasteiger partial charge in [0.1, 0.15) is 0 Å². The maximum Gasteiger partial charge on any atom is 0.305 e. The molecule has 0 rings (SSSR count). The van der Waals surface area contributed by atoms with Crippen molar-refractivity contribution in [1.29, 1.82) is 0 Å². The summed E-state index contributed by atoms with van der Waals surface area (Å²) in [4.78, 5) is 24.7. The standard InChI is InChI=1S/C76H147NO5/c1-3-5-7-9-11-13-15-17-19-21-32-36-40-44-48-52-56-60-64-68-74(79)73(72-78)77-75(80)69-65-61-57-53-49-45-41-37-34-30-28-26-24-23-25-27-29-31-35-39-43-47-51-55-59-63-67-71-82-76(81)70-66-62-58-54-50-46-42-38-33-22-20-18-16-14-12-10-8-6-4-2/h12,14,18,20,73-74,78-79H,3-11,13,15-17,19,21-72H2,1-2H3,(H,77,80)/b14-12-,20-18-. The van der Waals surface area contributed by atoms with E-state index in [-0.39, 0.29) is 18.5 Å². The highest BCUT2D eigenvalue weighted by Gasteiger charge is 2.20. The Morgan fingerprint density at radius 2 is 0.610 bits per heavy atom. The molecule has 6 heteroatoms. The van der Waals surface area contributed by atoms with Gasteiger partial charge in [-0.05, 0) is 57.8 Å². The molecule has 0 saturated carbocycles. The third kappa shape index (κ3) is 67.5. The number of hydrogen-bond donors (Lipinski definition) is 3. The number of allylic oxidation sites excluding steroid dienone is 4. The van der Waals surface area contributed by atoms with Gasteiger partial charge in [-0.25, -0.2) is 0 Å². The van der Waals surface area contributed by atoms with Crippen molar-refractivity contribution in [3.8, 4) is 0 Å². The Hall–Kier alpha value is -1.66. The summed E-state index contributed by atoms with van der Waals surface area (Å²) in [5.41, 5.74) is 0. The first-order chi connectivity index (χ1) is 40.5. The van der Waals surface area contributed by atoms with Gasteiger partial charge < -0.3 is 20.3 Å². The second kappa shape index (κ2) is 71.8. The fraction of sp³-hybridized carbons (Fsp3) is 0.921. The number of esters is 1. The van der Waals surface area contributed by atoms with Crippen LogP contribution in [0, 0.1) is 0 Å². The summed E-state index contributed by atoms with van der Waals surface area (Å²) in [6, 6.07) is -0.540. The van der Waals surface area contributed by atoms with Gasteiger partial charge in [0.2, 0.25) is 5.91 Å². The van der Waals surface area contributed by atoms with Crippen molar-refractivity contribution in [2.75, 3.05) is 13.2 Å². The van der Waals surface area contributed by atoms with E-state index in [1.54, 1.807) is 0 Å². The number of carbonyl (C=O) groups excluding carboxylic acids is 2. The summed E-state index contributed by atoms with van der Waals surface area (Å²) in [7, 11) is 0. The summed E-state index contributed by atoms with van der Waals surface area (Å²) in [5, 5.41) is 23.4. The number of aliphatic hydroxyl groups is 2. The quantitative estimate of drug-likeness (QED) is 0.0320. The Morgan fingerprint density at radius 1 is 0.341 bits per heavy atom. The zero-order valence-corrected chi connectivity index (χ0v) is 55.8. The summed E-state index contributed by atoms with van der Waals surface area (Å²) in [5.74, 6) is -0.0124. The van der Waals surface area contributed by atoms with Gasteiger partial charge in [-0.3, -0.25) is 9.59 Å². The van der Waals surface area contributed by atoms with Crippen LogP contribution in [-0.2, 0) is 14.3 Å². The van der Waals surface area contributed by atoms with Crippen molar-refractivity contribution in [3.05, 3.63) is 24.3 Å². The Kier molecular flexibility index (Phi) is 70.4. The van der Waals surface area contributed by atoms with Gasteiger partial charge in [0.15, 0.2) is 0 Å². The molecule has 0 aliphatic heterocycles. The molecule has 2 atom stereocenters. The van der Waals surface area contributed by atoms with Gasteiger partial charge in [0, 0.05) is 12.8 Å². The Labute approximate surface area is 513 Å². The molecule has 0 heterocycles. The largest absolute Gasteiger partial charge is 0.466 e. The summed E-state index contributed by atoms with van der Waals surface area (Å²) >= 11 is 0. The molecule has 0 saturated heterocycles. The van der Waals surface area contributed by atoms with E-state index in [0.29, 0.717) is 25.9 Å². The van der Waals surface area contributed by atoms with Crippen molar-refractivity contribution >= 4 is 11.9 Å². The second-order valence-electron chi connectivity index (χ2n) is 26.0. The predicted octanol–water partition coefficient (Wildman–Crippen LogP) is 24.5. The number of ether oxygens (including phenoxy) is 1. The first-order valence-corrected chi connectivity index (χ1v) is 37.6. The van der Waals surface area contributed by atoms with Crippen LogP contribution in [0.1, 0.15) is 425 Å². The molecule has 0 aromatic heterocycles. The molecule has 2 unspecified atom stereocenters. The molecular weight excluding hydrogens is 1010 g/mol. The van der Waals surface area contributed by atoms with Crippen LogP contribution in [0.25, 0.3) is 0 Å². The van der Waals surface area contributed by atoms with Gasteiger partial charge >= 0.3 is 5.97 Å². The minimum absolute atomic E-state index is 0.0153. The van der Waals surface area contributed by atoms with Gasteiger partial charge in [-0.15, -0.1) is 0 Å². The average molecular weight is 1160 g/mol. The minimum atomic E-state index is -0.663. The van der Waals surface area contributed by atoms with E-state index >= 15 is 0 Å². The number of aliphatic hydroxyl groups excluding tert-OH is 2. The van der Waals surface area contributed by atoms with Crippen LogP contribution in [0.15, 0.2) is 24.3 Å². The molecule has 0 fully saturated rings. The van der Waals surface area contributed by atoms with E-state index in [4.69, 9.17) is 4.74 Å². The number of nitrogens with one attached hydrogen (secondary N) is 1. The lowest BCUT2D eigenvalue weighted by molar-refractivity contribution is -0.143. The predicted molar refractivity (Wildman–Crippen MR) is 361 cm³/mol. The van der Waals surface area contributed by atoms with Crippen LogP contribution in [0.5, 0.6) is 0 Å². The highest BCUT2D eigenvalue weighted by molar-refractivity contribution is 5.76. The first-order valence-electron chi connectivity index (χ1n) is 37.6. The van der Waals surface area contributed by atoms with Gasteiger partial charge in [-0.1, -0.05) is 378 Å². The third-order valence-electron chi connectivity index (χ3n) is 17.8. The van der Waals surface area contributed by atoms with Crippen molar-refractivity contribution in [1.82, 2.24) is 5.32 Å². The average Bonchev–Trinajstić information content (AvgIpc) is 3.48. The lowest BCUT2D eigenvalue weighted by atomic mass is 10.0. The Bertz CT molecular complexity index is 1280. The number of hydrogen-bond acceptors (Lipinski definition) is 5. The molecule has 0 bridgehead atoms. The molecule has 0 radical (unpaired) electrons. The van der Waals surface area contributed by atoms with E-state index in [1.807, 2.05) is 0 Å². The lowest BCUT2D eigenvalue weighted by Gasteiger charge is -2.22. The second-order valence-corrected chi connectivity index (χ2v) is 26.0. The van der Waals surface area contributed by atoms with Crippen molar-refractivity contribution in [2.45, 2.75) is 437 Å². The fourth-order valence-corrected chi connectivity index (χ4v) is 12.0. The summed E-state index contributed by atoms with van der Waals surface area (Å²) in [6.45, 7) is 4.97. The molecule has 0 aromatic rings. The van der Waals surface area contributed by atoms with Crippen molar-refractivity contribution in [2.24, 2.45) is 0 Å². The maximum atomic E-state index is 12.5. The smallest absolute Gasteiger partial charge is 0.305 e. The van der Waals surface area contributed by atoms with Crippen LogP contribution in [0.4, 0.5) is 0 Å². The first kappa shape index (κ1) is 80.3. The Morgan fingerprint density at radius 3 is 0.951 bits per heavy atom. The number of rotatable bonds is 71. The minimum Gasteiger partial charge on any atom is -0.466 e. The topological polar surface area (TPSA) is 95.9 Å². The van der Waals surface area contributed by atoms with Crippen LogP contribution < -0.4 is 5.32 Å². The van der Waals surface area contributed by atoms with Gasteiger partial charge in [-0.2, -0.15) is 0 Å². The number of amides is 1. The van der Waals surface area contributed by atoms with Gasteiger partial charge in [0.05, 0.1) is 25.4 Å². The van der Waals surface area contributed by atoms with Gasteiger partial charge in [0.25, 0.3) is 0 Å². The number of carbonyl (C=O) groups is 2. The molecule has 0 aromatic carbocycles. The molecular formula is C76H147NO5. The Balaban J connectivity index is 3.34. The number of unbranched alkanes of at least 4 members (excludes halogenated alkanes) is 56.